The van der Waals surface area contributed by atoms with Crippen molar-refractivity contribution < 1.29 is 9.53 Å². The molecule has 0 radical (unpaired) electrons. The zero-order valence-corrected chi connectivity index (χ0v) is 14.7. The molecule has 0 spiro atoms. The molecule has 0 unspecified atom stereocenters. The molecular formula is C17H18N2O2S2. The summed E-state index contributed by atoms with van der Waals surface area (Å²) in [6, 6.07) is 7.91. The number of ether oxygens (including phenoxy) is 1. The van der Waals surface area contributed by atoms with Crippen LogP contribution in [0.15, 0.2) is 47.2 Å². The Bertz CT molecular complexity index is 712. The number of carbonyl (C=O) groups is 1. The first kappa shape index (κ1) is 16.1. The number of fused-ring (bicyclic) bond motifs is 1. The molecule has 0 aromatic heterocycles. The zero-order chi connectivity index (χ0) is 16.4. The van der Waals surface area contributed by atoms with Crippen LogP contribution in [-0.4, -0.2) is 34.6 Å². The minimum atomic E-state index is 0.0292. The van der Waals surface area contributed by atoms with E-state index < -0.39 is 0 Å². The van der Waals surface area contributed by atoms with E-state index in [0.717, 1.165) is 28.1 Å². The van der Waals surface area contributed by atoms with Crippen LogP contribution in [0.3, 0.4) is 0 Å². The van der Waals surface area contributed by atoms with Crippen LogP contribution in [-0.2, 0) is 4.79 Å². The Balaban J connectivity index is 1.87. The van der Waals surface area contributed by atoms with E-state index in [4.69, 9.17) is 17.0 Å². The number of nitrogens with zero attached hydrogens (tertiary/aromatic N) is 2. The second-order valence-electron chi connectivity index (χ2n) is 5.14. The number of anilines is 1. The summed E-state index contributed by atoms with van der Waals surface area (Å²) >= 11 is 6.67. The molecule has 2 aliphatic rings. The minimum absolute atomic E-state index is 0.0292. The highest BCUT2D eigenvalue weighted by molar-refractivity contribution is 8.26. The number of amides is 1. The fraction of sp³-hybridized carbons (Fsp3) is 0.294. The third kappa shape index (κ3) is 3.14. The van der Waals surface area contributed by atoms with Crippen molar-refractivity contribution in [3.63, 3.8) is 0 Å². The standard InChI is InChI=1S/C17H18N2O2S2/c1-3-18-11-16(22)23-14(17(18)20)9-10-15-19(4-2)12-7-5-6-8-13(12)21-15/h5-10H,3-4,11H2,1-2H3. The molecule has 3 rings (SSSR count). The summed E-state index contributed by atoms with van der Waals surface area (Å²) in [5, 5.41) is 0. The summed E-state index contributed by atoms with van der Waals surface area (Å²) in [6.45, 7) is 6.04. The lowest BCUT2D eigenvalue weighted by atomic mass is 10.3. The van der Waals surface area contributed by atoms with Gasteiger partial charge in [0.05, 0.1) is 21.3 Å². The largest absolute Gasteiger partial charge is 0.439 e. The molecule has 0 atom stereocenters. The van der Waals surface area contributed by atoms with Gasteiger partial charge in [-0.2, -0.15) is 0 Å². The number of allylic oxidation sites excluding steroid dienone is 2. The first-order valence-corrected chi connectivity index (χ1v) is 8.82. The van der Waals surface area contributed by atoms with Crippen molar-refractivity contribution in [2.45, 2.75) is 13.8 Å². The van der Waals surface area contributed by atoms with Crippen LogP contribution in [0.1, 0.15) is 13.8 Å². The number of para-hydroxylation sites is 2. The van der Waals surface area contributed by atoms with E-state index in [1.165, 1.54) is 11.8 Å². The van der Waals surface area contributed by atoms with Crippen LogP contribution < -0.4 is 9.64 Å². The molecule has 23 heavy (non-hydrogen) atoms. The van der Waals surface area contributed by atoms with Gasteiger partial charge in [-0.05, 0) is 32.1 Å². The molecule has 1 fully saturated rings. The monoisotopic (exact) mass is 346 g/mol. The van der Waals surface area contributed by atoms with Crippen molar-refractivity contribution in [3.8, 4) is 5.75 Å². The van der Waals surface area contributed by atoms with Gasteiger partial charge in [0.25, 0.3) is 5.91 Å². The lowest BCUT2D eigenvalue weighted by Gasteiger charge is -2.27. The third-order valence-corrected chi connectivity index (χ3v) is 5.02. The van der Waals surface area contributed by atoms with Crippen molar-refractivity contribution in [1.82, 2.24) is 4.90 Å². The average Bonchev–Trinajstić information content (AvgIpc) is 2.92. The second-order valence-corrected chi connectivity index (χ2v) is 7.03. The summed E-state index contributed by atoms with van der Waals surface area (Å²) in [6.07, 6.45) is 3.66. The quantitative estimate of drug-likeness (QED) is 0.617. The summed E-state index contributed by atoms with van der Waals surface area (Å²) in [5.41, 5.74) is 1.05. The Kier molecular flexibility index (Phi) is 4.73. The van der Waals surface area contributed by atoms with E-state index in [1.807, 2.05) is 43.3 Å². The molecule has 1 aromatic rings. The molecule has 2 aliphatic heterocycles. The topological polar surface area (TPSA) is 32.8 Å². The lowest BCUT2D eigenvalue weighted by Crippen LogP contribution is -2.38. The fourth-order valence-electron chi connectivity index (χ4n) is 2.59. The Morgan fingerprint density at radius 3 is 2.78 bits per heavy atom. The first-order valence-electron chi connectivity index (χ1n) is 7.60. The van der Waals surface area contributed by atoms with Gasteiger partial charge < -0.3 is 14.5 Å². The number of carbonyl (C=O) groups excluding carboxylic acids is 1. The fourth-order valence-corrected chi connectivity index (χ4v) is 3.84. The molecule has 2 heterocycles. The molecular weight excluding hydrogens is 328 g/mol. The Hall–Kier alpha value is -1.79. The Labute approximate surface area is 145 Å². The van der Waals surface area contributed by atoms with Gasteiger partial charge in [0, 0.05) is 19.2 Å². The second kappa shape index (κ2) is 6.76. The van der Waals surface area contributed by atoms with Crippen LogP contribution in [0.4, 0.5) is 5.69 Å². The molecule has 1 saturated heterocycles. The number of rotatable bonds is 3. The molecule has 4 nitrogen and oxygen atoms in total. The van der Waals surface area contributed by atoms with Crippen molar-refractivity contribution in [3.05, 3.63) is 47.2 Å². The molecule has 0 bridgehead atoms. The molecule has 1 aromatic carbocycles. The predicted molar refractivity (Wildman–Crippen MR) is 98.7 cm³/mol. The van der Waals surface area contributed by atoms with Gasteiger partial charge in [-0.3, -0.25) is 4.79 Å². The molecule has 1 amide bonds. The van der Waals surface area contributed by atoms with Crippen molar-refractivity contribution in [2.75, 3.05) is 24.5 Å². The summed E-state index contributed by atoms with van der Waals surface area (Å²) in [5.74, 6) is 1.60. The van der Waals surface area contributed by atoms with Gasteiger partial charge in [-0.1, -0.05) is 36.1 Å². The third-order valence-electron chi connectivity index (χ3n) is 3.75. The number of thioether (sulfide) groups is 1. The molecule has 0 N–H and O–H groups in total. The lowest BCUT2D eigenvalue weighted by molar-refractivity contribution is -0.125. The summed E-state index contributed by atoms with van der Waals surface area (Å²) in [7, 11) is 0. The van der Waals surface area contributed by atoms with E-state index in [9.17, 15) is 4.79 Å². The number of likely N-dealkylation sites (N-methyl/N-ethyl adjacent to an activating group) is 1. The number of thiocarbonyl (C=S) groups is 1. The molecule has 0 aliphatic carbocycles. The van der Waals surface area contributed by atoms with E-state index in [0.29, 0.717) is 18.0 Å². The maximum absolute atomic E-state index is 12.4. The Morgan fingerprint density at radius 1 is 1.26 bits per heavy atom. The predicted octanol–water partition coefficient (Wildman–Crippen LogP) is 3.55. The van der Waals surface area contributed by atoms with Gasteiger partial charge in [0.15, 0.2) is 5.75 Å². The highest BCUT2D eigenvalue weighted by atomic mass is 32.2. The van der Waals surface area contributed by atoms with Gasteiger partial charge >= 0.3 is 0 Å². The van der Waals surface area contributed by atoms with Gasteiger partial charge in [-0.25, -0.2) is 0 Å². The summed E-state index contributed by atoms with van der Waals surface area (Å²) in [4.78, 5) is 16.9. The van der Waals surface area contributed by atoms with E-state index in [-0.39, 0.29) is 5.91 Å². The van der Waals surface area contributed by atoms with Gasteiger partial charge in [0.1, 0.15) is 0 Å². The van der Waals surface area contributed by atoms with E-state index in [2.05, 4.69) is 11.8 Å². The first-order chi connectivity index (χ1) is 11.1. The smallest absolute Gasteiger partial charge is 0.260 e. The highest BCUT2D eigenvalue weighted by Gasteiger charge is 2.27. The molecule has 0 saturated carbocycles. The van der Waals surface area contributed by atoms with E-state index >= 15 is 0 Å². The van der Waals surface area contributed by atoms with Crippen LogP contribution in [0, 0.1) is 0 Å². The SMILES string of the molecule is CCN1CC(=S)SC(=CC=C2Oc3ccccc3N2CC)C1=O. The number of hydrogen-bond donors (Lipinski definition) is 0. The van der Waals surface area contributed by atoms with Crippen molar-refractivity contribution in [2.24, 2.45) is 0 Å². The highest BCUT2D eigenvalue weighted by Crippen LogP contribution is 2.38. The van der Waals surface area contributed by atoms with Crippen LogP contribution >= 0.6 is 24.0 Å². The van der Waals surface area contributed by atoms with Crippen LogP contribution in [0.25, 0.3) is 0 Å². The van der Waals surface area contributed by atoms with E-state index in [1.54, 1.807) is 4.90 Å². The number of benzene rings is 1. The van der Waals surface area contributed by atoms with Crippen molar-refractivity contribution in [1.29, 1.82) is 0 Å². The van der Waals surface area contributed by atoms with Gasteiger partial charge in [-0.15, -0.1) is 0 Å². The van der Waals surface area contributed by atoms with Gasteiger partial charge in [0.2, 0.25) is 5.88 Å². The maximum Gasteiger partial charge on any atom is 0.260 e. The Morgan fingerprint density at radius 2 is 2.04 bits per heavy atom. The molecule has 120 valence electrons. The zero-order valence-electron chi connectivity index (χ0n) is 13.1. The summed E-state index contributed by atoms with van der Waals surface area (Å²) < 4.78 is 6.71. The van der Waals surface area contributed by atoms with Crippen LogP contribution in [0.5, 0.6) is 5.75 Å². The molecule has 6 heteroatoms. The van der Waals surface area contributed by atoms with Crippen LogP contribution in [0.2, 0.25) is 0 Å². The minimum Gasteiger partial charge on any atom is -0.439 e. The average molecular weight is 346 g/mol. The number of hydrogen-bond acceptors (Lipinski definition) is 5. The van der Waals surface area contributed by atoms with Crippen molar-refractivity contribution >= 4 is 39.8 Å². The maximum atomic E-state index is 12.4. The normalized spacial score (nSPS) is 21.1.